The summed E-state index contributed by atoms with van der Waals surface area (Å²) in [6, 6.07) is 10.1. The number of hydrogen-bond donors (Lipinski definition) is 0. The SMILES string of the molecule is CN1C(=O)c2ccc(Cc3ccc4c(c3)C(=O)[N-]C4=O)cc2C1=O.[CH3-].[Y]. The molecule has 0 aliphatic carbocycles. The molecule has 6 nitrogen and oxygen atoms in total. The average molecular weight is 423 g/mol. The molecule has 2 aliphatic rings. The fourth-order valence-electron chi connectivity index (χ4n) is 3.03. The molecule has 4 rings (SSSR count). The summed E-state index contributed by atoms with van der Waals surface area (Å²) in [5, 5.41) is 3.41. The van der Waals surface area contributed by atoms with E-state index < -0.39 is 11.8 Å². The topological polar surface area (TPSA) is 85.6 Å². The molecule has 1 radical (unpaired) electrons. The van der Waals surface area contributed by atoms with Gasteiger partial charge in [0.25, 0.3) is 11.8 Å². The van der Waals surface area contributed by atoms with Crippen LogP contribution in [0.1, 0.15) is 52.6 Å². The molecule has 26 heavy (non-hydrogen) atoms. The van der Waals surface area contributed by atoms with Crippen molar-refractivity contribution in [2.45, 2.75) is 6.42 Å². The number of nitrogens with zero attached hydrogens (tertiary/aromatic N) is 2. The van der Waals surface area contributed by atoms with E-state index in [0.29, 0.717) is 28.7 Å². The Morgan fingerprint density at radius 3 is 1.92 bits per heavy atom. The monoisotopic (exact) mass is 423 g/mol. The third-order valence-electron chi connectivity index (χ3n) is 4.31. The summed E-state index contributed by atoms with van der Waals surface area (Å²) < 4.78 is 0. The summed E-state index contributed by atoms with van der Waals surface area (Å²) >= 11 is 0. The van der Waals surface area contributed by atoms with Gasteiger partial charge in [0.05, 0.1) is 22.9 Å². The molecule has 0 unspecified atom stereocenters. The first kappa shape index (κ1) is 20.1. The van der Waals surface area contributed by atoms with Crippen LogP contribution in [0.25, 0.3) is 5.32 Å². The van der Waals surface area contributed by atoms with Gasteiger partial charge < -0.3 is 22.3 Å². The molecule has 2 aromatic carbocycles. The number of carbonyl (C=O) groups excluding carboxylic acids is 4. The van der Waals surface area contributed by atoms with Crippen molar-refractivity contribution in [3.63, 3.8) is 0 Å². The predicted molar refractivity (Wildman–Crippen MR) is 90.5 cm³/mol. The van der Waals surface area contributed by atoms with E-state index in [0.717, 1.165) is 16.0 Å². The third-order valence-corrected chi connectivity index (χ3v) is 4.31. The van der Waals surface area contributed by atoms with Crippen LogP contribution in [-0.2, 0) is 39.1 Å². The fourth-order valence-corrected chi connectivity index (χ4v) is 3.03. The standard InChI is InChI=1S/C18H12N2O4.CH3.Y/c1-20-17(23)12-5-3-10(8-14(12)18(20)24)6-9-2-4-11-13(7-9)16(22)19-15(11)21;;/h2-5,7-8H,6H2,1H3,(H,19,21,22);1H3;/q;-1;/p-1. The molecule has 2 heterocycles. The van der Waals surface area contributed by atoms with Crippen LogP contribution in [0, 0.1) is 7.43 Å². The minimum absolute atomic E-state index is 0. The van der Waals surface area contributed by atoms with Gasteiger partial charge in [0.2, 0.25) is 0 Å². The van der Waals surface area contributed by atoms with Crippen molar-refractivity contribution in [1.29, 1.82) is 0 Å². The van der Waals surface area contributed by atoms with Crippen molar-refractivity contribution >= 4 is 23.6 Å². The maximum atomic E-state index is 12.1. The molecule has 0 spiro atoms. The number of imide groups is 2. The minimum atomic E-state index is -0.520. The van der Waals surface area contributed by atoms with Gasteiger partial charge in [-0.25, -0.2) is 0 Å². The third kappa shape index (κ3) is 3.04. The second kappa shape index (κ2) is 7.21. The first-order valence-corrected chi connectivity index (χ1v) is 7.34. The van der Waals surface area contributed by atoms with E-state index in [1.54, 1.807) is 36.4 Å². The number of hydrogen-bond acceptors (Lipinski definition) is 4. The van der Waals surface area contributed by atoms with Gasteiger partial charge in [0, 0.05) is 50.9 Å². The first-order valence-electron chi connectivity index (χ1n) is 7.34. The molecule has 0 fully saturated rings. The van der Waals surface area contributed by atoms with Crippen LogP contribution in [0.4, 0.5) is 0 Å². The molecule has 2 aliphatic heterocycles. The van der Waals surface area contributed by atoms with Crippen LogP contribution in [0.5, 0.6) is 0 Å². The van der Waals surface area contributed by atoms with Crippen molar-refractivity contribution < 1.29 is 51.9 Å². The van der Waals surface area contributed by atoms with Crippen molar-refractivity contribution in [3.8, 4) is 0 Å². The van der Waals surface area contributed by atoms with Crippen LogP contribution in [0.2, 0.25) is 0 Å². The Morgan fingerprint density at radius 1 is 0.769 bits per heavy atom. The second-order valence-corrected chi connectivity index (χ2v) is 5.83. The zero-order valence-electron chi connectivity index (χ0n) is 14.3. The Morgan fingerprint density at radius 2 is 1.27 bits per heavy atom. The van der Waals surface area contributed by atoms with E-state index in [-0.39, 0.29) is 52.0 Å². The molecular formula is C19H14N2O4Y-2. The molecule has 129 valence electrons. The molecule has 0 aromatic heterocycles. The molecule has 0 saturated heterocycles. The predicted octanol–water partition coefficient (Wildman–Crippen LogP) is 2.62. The maximum Gasteiger partial charge on any atom is 0.261 e. The van der Waals surface area contributed by atoms with Crippen molar-refractivity contribution in [3.05, 3.63) is 82.5 Å². The molecule has 7 heteroatoms. The van der Waals surface area contributed by atoms with E-state index in [1.807, 2.05) is 0 Å². The van der Waals surface area contributed by atoms with Crippen LogP contribution in [0.15, 0.2) is 36.4 Å². The van der Waals surface area contributed by atoms with Gasteiger partial charge in [-0.3, -0.25) is 14.5 Å². The number of benzene rings is 2. The van der Waals surface area contributed by atoms with E-state index in [9.17, 15) is 19.2 Å². The smallest absolute Gasteiger partial charge is 0.261 e. The van der Waals surface area contributed by atoms with Crippen molar-refractivity contribution in [1.82, 2.24) is 4.90 Å². The van der Waals surface area contributed by atoms with E-state index in [1.165, 1.54) is 7.05 Å². The first-order chi connectivity index (χ1) is 11.5. The van der Waals surface area contributed by atoms with Gasteiger partial charge in [0.15, 0.2) is 0 Å². The Bertz CT molecular complexity index is 968. The normalized spacial score (nSPS) is 14.4. The Kier molecular flexibility index (Phi) is 5.59. The summed E-state index contributed by atoms with van der Waals surface area (Å²) in [7, 11) is 1.46. The van der Waals surface area contributed by atoms with Crippen LogP contribution in [0.3, 0.4) is 0 Å². The summed E-state index contributed by atoms with van der Waals surface area (Å²) in [6.07, 6.45) is 0.479. The quantitative estimate of drug-likeness (QED) is 0.549. The van der Waals surface area contributed by atoms with E-state index >= 15 is 0 Å². The van der Waals surface area contributed by atoms with E-state index in [2.05, 4.69) is 5.32 Å². The van der Waals surface area contributed by atoms with Crippen LogP contribution in [-0.4, -0.2) is 35.6 Å². The molecule has 4 amide bonds. The molecule has 0 bridgehead atoms. The van der Waals surface area contributed by atoms with Crippen LogP contribution >= 0.6 is 0 Å². The number of carbonyl (C=O) groups is 4. The summed E-state index contributed by atoms with van der Waals surface area (Å²) in [6.45, 7) is 0. The van der Waals surface area contributed by atoms with Crippen molar-refractivity contribution in [2.24, 2.45) is 0 Å². The minimum Gasteiger partial charge on any atom is -0.587 e. The molecule has 2 aromatic rings. The fraction of sp³-hybridized carbons (Fsp3) is 0.105. The zero-order chi connectivity index (χ0) is 17.0. The molecule has 0 saturated carbocycles. The Balaban J connectivity index is 0.00000121. The summed E-state index contributed by atoms with van der Waals surface area (Å²) in [4.78, 5) is 48.2. The van der Waals surface area contributed by atoms with Gasteiger partial charge in [-0.2, -0.15) is 0 Å². The molecular weight excluding hydrogens is 409 g/mol. The van der Waals surface area contributed by atoms with E-state index in [4.69, 9.17) is 0 Å². The molecule has 0 atom stereocenters. The second-order valence-electron chi connectivity index (χ2n) is 5.83. The van der Waals surface area contributed by atoms with Gasteiger partial charge in [0.1, 0.15) is 0 Å². The number of rotatable bonds is 2. The summed E-state index contributed by atoms with van der Waals surface area (Å²) in [5.74, 6) is -1.64. The van der Waals surface area contributed by atoms with Crippen molar-refractivity contribution in [2.75, 3.05) is 7.05 Å². The van der Waals surface area contributed by atoms with Crippen LogP contribution < -0.4 is 0 Å². The van der Waals surface area contributed by atoms with Gasteiger partial charge >= 0.3 is 0 Å². The largest absolute Gasteiger partial charge is 0.587 e. The number of fused-ring (bicyclic) bond motifs is 2. The maximum absolute atomic E-state index is 12.1. The zero-order valence-corrected chi connectivity index (χ0v) is 17.1. The average Bonchev–Trinajstić information content (AvgIpc) is 2.97. The van der Waals surface area contributed by atoms with Gasteiger partial charge in [-0.15, -0.1) is 0 Å². The van der Waals surface area contributed by atoms with Gasteiger partial charge in [-0.1, -0.05) is 18.2 Å². The van der Waals surface area contributed by atoms with Gasteiger partial charge in [-0.05, 0) is 35.7 Å². The molecule has 0 N–H and O–H groups in total. The Hall–Kier alpha value is -2.18. The Labute approximate surface area is 175 Å². The summed E-state index contributed by atoms with van der Waals surface area (Å²) in [5.41, 5.74) is 3.10. The number of amides is 4.